The number of ether oxygens (including phenoxy) is 1. The molecule has 0 saturated carbocycles. The van der Waals surface area contributed by atoms with E-state index in [0.29, 0.717) is 0 Å². The molecule has 0 atom stereocenters. The van der Waals surface area contributed by atoms with Crippen LogP contribution in [-0.4, -0.2) is 31.4 Å². The first-order chi connectivity index (χ1) is 8.31. The van der Waals surface area contributed by atoms with Crippen LogP contribution in [-0.2, 0) is 11.3 Å². The molecule has 3 heteroatoms. The minimum Gasteiger partial charge on any atom is -0.497 e. The normalized spacial score (nSPS) is 17.9. The van der Waals surface area contributed by atoms with Gasteiger partial charge in [-0.25, -0.2) is 0 Å². The zero-order chi connectivity index (χ0) is 12.1. The second kappa shape index (κ2) is 5.82. The van der Waals surface area contributed by atoms with E-state index in [9.17, 15) is 4.79 Å². The quantitative estimate of drug-likeness (QED) is 0.746. The van der Waals surface area contributed by atoms with Crippen molar-refractivity contribution >= 4 is 6.29 Å². The third kappa shape index (κ3) is 3.30. The molecule has 1 aromatic rings. The lowest BCUT2D eigenvalue weighted by atomic mass is 9.98. The number of carbonyl (C=O) groups excluding carboxylic acids is 1. The number of carbonyl (C=O) groups is 1. The minimum absolute atomic E-state index is 0.280. The number of rotatable bonds is 4. The molecule has 0 aromatic heterocycles. The summed E-state index contributed by atoms with van der Waals surface area (Å²) >= 11 is 0. The molecular weight excluding hydrogens is 214 g/mol. The summed E-state index contributed by atoms with van der Waals surface area (Å²) in [5, 5.41) is 0. The summed E-state index contributed by atoms with van der Waals surface area (Å²) in [5.74, 6) is 1.18. The van der Waals surface area contributed by atoms with Crippen LogP contribution in [0.5, 0.6) is 5.75 Å². The standard InChI is InChI=1S/C14H19NO2/c1-17-14-4-2-12(3-5-14)10-15-8-6-13(11-16)7-9-15/h2-5,11,13H,6-10H2,1H3. The lowest BCUT2D eigenvalue weighted by molar-refractivity contribution is -0.112. The molecule has 17 heavy (non-hydrogen) atoms. The van der Waals surface area contributed by atoms with Gasteiger partial charge in [-0.3, -0.25) is 4.90 Å². The van der Waals surface area contributed by atoms with Crippen LogP contribution >= 0.6 is 0 Å². The largest absolute Gasteiger partial charge is 0.497 e. The first kappa shape index (κ1) is 12.1. The van der Waals surface area contributed by atoms with Crippen molar-refractivity contribution < 1.29 is 9.53 Å². The van der Waals surface area contributed by atoms with E-state index in [2.05, 4.69) is 17.0 Å². The van der Waals surface area contributed by atoms with Crippen molar-refractivity contribution in [2.24, 2.45) is 5.92 Å². The van der Waals surface area contributed by atoms with Gasteiger partial charge in [-0.1, -0.05) is 12.1 Å². The molecule has 1 aliphatic rings. The molecule has 1 aliphatic heterocycles. The van der Waals surface area contributed by atoms with Gasteiger partial charge in [0.25, 0.3) is 0 Å². The van der Waals surface area contributed by atoms with E-state index in [1.165, 1.54) is 5.56 Å². The summed E-state index contributed by atoms with van der Waals surface area (Å²) in [6.45, 7) is 3.01. The van der Waals surface area contributed by atoms with E-state index in [4.69, 9.17) is 4.74 Å². The lowest BCUT2D eigenvalue weighted by Gasteiger charge is -2.29. The fraction of sp³-hybridized carbons (Fsp3) is 0.500. The smallest absolute Gasteiger partial charge is 0.123 e. The fourth-order valence-corrected chi connectivity index (χ4v) is 2.24. The van der Waals surface area contributed by atoms with Crippen molar-refractivity contribution in [3.63, 3.8) is 0 Å². The first-order valence-corrected chi connectivity index (χ1v) is 6.12. The van der Waals surface area contributed by atoms with Crippen LogP contribution in [0.1, 0.15) is 18.4 Å². The molecule has 0 N–H and O–H groups in total. The molecule has 1 heterocycles. The van der Waals surface area contributed by atoms with E-state index in [-0.39, 0.29) is 5.92 Å². The SMILES string of the molecule is COc1ccc(CN2CCC(C=O)CC2)cc1. The number of hydrogen-bond donors (Lipinski definition) is 0. The number of nitrogens with zero attached hydrogens (tertiary/aromatic N) is 1. The Hall–Kier alpha value is -1.35. The molecule has 0 spiro atoms. The highest BCUT2D eigenvalue weighted by Crippen LogP contribution is 2.18. The van der Waals surface area contributed by atoms with Crippen molar-refractivity contribution in [3.8, 4) is 5.75 Å². The highest BCUT2D eigenvalue weighted by Gasteiger charge is 2.18. The van der Waals surface area contributed by atoms with Crippen molar-refractivity contribution in [2.45, 2.75) is 19.4 Å². The summed E-state index contributed by atoms with van der Waals surface area (Å²) < 4.78 is 5.14. The number of methoxy groups -OCH3 is 1. The van der Waals surface area contributed by atoms with Gasteiger partial charge in [0.2, 0.25) is 0 Å². The average molecular weight is 233 g/mol. The van der Waals surface area contributed by atoms with Crippen LogP contribution in [0.3, 0.4) is 0 Å². The predicted molar refractivity (Wildman–Crippen MR) is 67.1 cm³/mol. The maximum Gasteiger partial charge on any atom is 0.123 e. The minimum atomic E-state index is 0.280. The maximum absolute atomic E-state index is 10.7. The Morgan fingerprint density at radius 3 is 2.47 bits per heavy atom. The van der Waals surface area contributed by atoms with Crippen LogP contribution in [0.2, 0.25) is 0 Å². The molecule has 0 aliphatic carbocycles. The second-order valence-corrected chi connectivity index (χ2v) is 4.60. The molecule has 92 valence electrons. The number of hydrogen-bond acceptors (Lipinski definition) is 3. The van der Waals surface area contributed by atoms with E-state index >= 15 is 0 Å². The van der Waals surface area contributed by atoms with Crippen LogP contribution < -0.4 is 4.74 Å². The summed E-state index contributed by atoms with van der Waals surface area (Å²) in [6, 6.07) is 8.19. The van der Waals surface area contributed by atoms with Gasteiger partial charge in [0.15, 0.2) is 0 Å². The molecular formula is C14H19NO2. The topological polar surface area (TPSA) is 29.5 Å². The zero-order valence-electron chi connectivity index (χ0n) is 10.3. The monoisotopic (exact) mass is 233 g/mol. The van der Waals surface area contributed by atoms with Gasteiger partial charge in [-0.15, -0.1) is 0 Å². The Bertz CT molecular complexity index is 353. The van der Waals surface area contributed by atoms with Gasteiger partial charge in [0.1, 0.15) is 12.0 Å². The first-order valence-electron chi connectivity index (χ1n) is 6.12. The van der Waals surface area contributed by atoms with Gasteiger partial charge < -0.3 is 9.53 Å². The third-order valence-electron chi connectivity index (χ3n) is 3.39. The van der Waals surface area contributed by atoms with Crippen molar-refractivity contribution in [2.75, 3.05) is 20.2 Å². The van der Waals surface area contributed by atoms with Crippen molar-refractivity contribution in [3.05, 3.63) is 29.8 Å². The Morgan fingerprint density at radius 2 is 1.94 bits per heavy atom. The van der Waals surface area contributed by atoms with Crippen molar-refractivity contribution in [1.82, 2.24) is 4.90 Å². The highest BCUT2D eigenvalue weighted by atomic mass is 16.5. The summed E-state index contributed by atoms with van der Waals surface area (Å²) in [4.78, 5) is 13.1. The molecule has 0 radical (unpaired) electrons. The molecule has 1 aromatic carbocycles. The van der Waals surface area contributed by atoms with E-state index in [1.54, 1.807) is 7.11 Å². The van der Waals surface area contributed by atoms with Crippen LogP contribution in [0.4, 0.5) is 0 Å². The van der Waals surface area contributed by atoms with Crippen LogP contribution in [0, 0.1) is 5.92 Å². The van der Waals surface area contributed by atoms with Gasteiger partial charge in [0, 0.05) is 12.5 Å². The van der Waals surface area contributed by atoms with Gasteiger partial charge in [-0.05, 0) is 43.6 Å². The lowest BCUT2D eigenvalue weighted by Crippen LogP contribution is -2.33. The molecule has 2 rings (SSSR count). The van der Waals surface area contributed by atoms with Crippen LogP contribution in [0.15, 0.2) is 24.3 Å². The second-order valence-electron chi connectivity index (χ2n) is 4.60. The summed E-state index contributed by atoms with van der Waals surface area (Å²) in [5.41, 5.74) is 1.30. The van der Waals surface area contributed by atoms with Crippen LogP contribution in [0.25, 0.3) is 0 Å². The molecule has 1 saturated heterocycles. The molecule has 1 fully saturated rings. The highest BCUT2D eigenvalue weighted by molar-refractivity contribution is 5.53. The Morgan fingerprint density at radius 1 is 1.29 bits per heavy atom. The predicted octanol–water partition coefficient (Wildman–Crippen LogP) is 2.11. The molecule has 0 amide bonds. The van der Waals surface area contributed by atoms with E-state index in [1.807, 2.05) is 12.1 Å². The Balaban J connectivity index is 1.86. The average Bonchev–Trinajstić information content (AvgIpc) is 2.40. The van der Waals surface area contributed by atoms with Gasteiger partial charge in [0.05, 0.1) is 7.11 Å². The molecule has 3 nitrogen and oxygen atoms in total. The summed E-state index contributed by atoms with van der Waals surface area (Å²) in [6.07, 6.45) is 3.10. The number of piperidine rings is 1. The zero-order valence-corrected chi connectivity index (χ0v) is 10.3. The van der Waals surface area contributed by atoms with Gasteiger partial charge in [-0.2, -0.15) is 0 Å². The number of likely N-dealkylation sites (tertiary alicyclic amines) is 1. The summed E-state index contributed by atoms with van der Waals surface area (Å²) in [7, 11) is 1.68. The fourth-order valence-electron chi connectivity index (χ4n) is 2.24. The molecule has 0 unspecified atom stereocenters. The number of aldehydes is 1. The van der Waals surface area contributed by atoms with E-state index < -0.39 is 0 Å². The Kier molecular flexibility index (Phi) is 4.15. The van der Waals surface area contributed by atoms with Gasteiger partial charge >= 0.3 is 0 Å². The third-order valence-corrected chi connectivity index (χ3v) is 3.39. The Labute approximate surface area is 102 Å². The number of benzene rings is 1. The van der Waals surface area contributed by atoms with Crippen molar-refractivity contribution in [1.29, 1.82) is 0 Å². The maximum atomic E-state index is 10.7. The van der Waals surface area contributed by atoms with E-state index in [0.717, 1.165) is 44.5 Å². The molecule has 0 bridgehead atoms.